The van der Waals surface area contributed by atoms with Gasteiger partial charge in [-0.15, -0.1) is 0 Å². The molecular formula is C25H25N7O3. The molecule has 0 spiro atoms. The van der Waals surface area contributed by atoms with Crippen LogP contribution in [-0.2, 0) is 20.6 Å². The Kier molecular flexibility index (Phi) is 5.69. The molecule has 3 heterocycles. The van der Waals surface area contributed by atoms with E-state index in [0.717, 1.165) is 39.1 Å². The summed E-state index contributed by atoms with van der Waals surface area (Å²) in [5.41, 5.74) is 5.58. The van der Waals surface area contributed by atoms with Crippen LogP contribution in [0.4, 0.5) is 0 Å². The number of aryl methyl sites for hydroxylation is 2. The summed E-state index contributed by atoms with van der Waals surface area (Å²) in [6.07, 6.45) is 8.94. The average molecular weight is 472 g/mol. The van der Waals surface area contributed by atoms with E-state index in [1.54, 1.807) is 17.2 Å². The van der Waals surface area contributed by atoms with Crippen molar-refractivity contribution in [2.75, 3.05) is 14.2 Å². The Morgan fingerprint density at radius 1 is 1.09 bits per heavy atom. The summed E-state index contributed by atoms with van der Waals surface area (Å²) in [5.74, 6) is 1.20. The van der Waals surface area contributed by atoms with Crippen molar-refractivity contribution in [1.82, 2.24) is 34.6 Å². The van der Waals surface area contributed by atoms with Gasteiger partial charge in [-0.2, -0.15) is 5.10 Å². The van der Waals surface area contributed by atoms with E-state index in [2.05, 4.69) is 25.4 Å². The van der Waals surface area contributed by atoms with Gasteiger partial charge in [0, 0.05) is 43.8 Å². The van der Waals surface area contributed by atoms with Crippen molar-refractivity contribution >= 4 is 16.9 Å². The van der Waals surface area contributed by atoms with Crippen LogP contribution in [0.3, 0.4) is 0 Å². The number of rotatable bonds is 7. The van der Waals surface area contributed by atoms with Crippen LogP contribution in [0, 0.1) is 0 Å². The Balaban J connectivity index is 1.62. The number of nitrogens with one attached hydrogen (secondary N) is 2. The maximum absolute atomic E-state index is 13.2. The minimum absolute atomic E-state index is 0.272. The summed E-state index contributed by atoms with van der Waals surface area (Å²) in [6.45, 7) is 0.272. The summed E-state index contributed by atoms with van der Waals surface area (Å²) in [4.78, 5) is 25.2. The lowest BCUT2D eigenvalue weighted by Crippen LogP contribution is -2.25. The van der Waals surface area contributed by atoms with Crippen molar-refractivity contribution in [3.05, 3.63) is 66.8 Å². The summed E-state index contributed by atoms with van der Waals surface area (Å²) in [7, 11) is 6.82. The van der Waals surface area contributed by atoms with E-state index >= 15 is 0 Å². The van der Waals surface area contributed by atoms with Crippen LogP contribution < -0.4 is 14.8 Å². The Labute approximate surface area is 201 Å². The second kappa shape index (κ2) is 8.98. The standard InChI is InChI=1S/C25H25N7O3/c1-31-8-7-26-21(31)12-27-25(33)23-19(34-3)9-15(10-20(23)35-4)22-17(16-11-30-32(2)13-16)5-6-18-24(22)29-14-28-18/h5-11,13-14H,12H2,1-4H3,(H,27,33)(H,28,29). The minimum Gasteiger partial charge on any atom is -0.496 e. The number of aromatic nitrogens is 6. The fraction of sp³-hybridized carbons (Fsp3) is 0.200. The monoisotopic (exact) mass is 471 g/mol. The zero-order valence-corrected chi connectivity index (χ0v) is 19.9. The molecule has 0 bridgehead atoms. The highest BCUT2D eigenvalue weighted by atomic mass is 16.5. The zero-order chi connectivity index (χ0) is 24.5. The number of H-pyrrole nitrogens is 1. The molecule has 2 N–H and O–H groups in total. The van der Waals surface area contributed by atoms with Crippen molar-refractivity contribution in [3.63, 3.8) is 0 Å². The second-order valence-corrected chi connectivity index (χ2v) is 8.08. The first-order valence-corrected chi connectivity index (χ1v) is 11.0. The molecule has 0 fully saturated rings. The second-order valence-electron chi connectivity index (χ2n) is 8.08. The highest BCUT2D eigenvalue weighted by Gasteiger charge is 2.23. The number of ether oxygens (including phenoxy) is 2. The lowest BCUT2D eigenvalue weighted by molar-refractivity contribution is 0.0943. The molecule has 10 heteroatoms. The number of amides is 1. The maximum atomic E-state index is 13.2. The number of nitrogens with zero attached hydrogens (tertiary/aromatic N) is 5. The molecule has 0 saturated carbocycles. The Morgan fingerprint density at radius 2 is 1.86 bits per heavy atom. The molecular weight excluding hydrogens is 446 g/mol. The van der Waals surface area contributed by atoms with Gasteiger partial charge in [0.2, 0.25) is 0 Å². The van der Waals surface area contributed by atoms with E-state index in [9.17, 15) is 4.79 Å². The molecule has 2 aromatic carbocycles. The third-order valence-electron chi connectivity index (χ3n) is 5.96. The highest BCUT2D eigenvalue weighted by Crippen LogP contribution is 2.41. The molecule has 178 valence electrons. The lowest BCUT2D eigenvalue weighted by atomic mass is 9.93. The number of imidazole rings is 2. The fourth-order valence-electron chi connectivity index (χ4n) is 4.20. The number of aromatic amines is 1. The SMILES string of the molecule is COc1cc(-c2c(-c3cnn(C)c3)ccc3[nH]cnc23)cc(OC)c1C(=O)NCc1nccn1C. The van der Waals surface area contributed by atoms with E-state index in [1.165, 1.54) is 14.2 Å². The molecule has 5 aromatic rings. The molecule has 0 atom stereocenters. The molecule has 0 aliphatic heterocycles. The Hall–Kier alpha value is -4.60. The molecule has 3 aromatic heterocycles. The number of methoxy groups -OCH3 is 2. The first kappa shape index (κ1) is 22.2. The topological polar surface area (TPSA) is 112 Å². The van der Waals surface area contributed by atoms with Gasteiger partial charge in [0.1, 0.15) is 22.9 Å². The maximum Gasteiger partial charge on any atom is 0.259 e. The quantitative estimate of drug-likeness (QED) is 0.377. The minimum atomic E-state index is -0.321. The summed E-state index contributed by atoms with van der Waals surface area (Å²) in [5, 5.41) is 7.23. The normalized spacial score (nSPS) is 11.1. The predicted molar refractivity (Wildman–Crippen MR) is 131 cm³/mol. The fourth-order valence-corrected chi connectivity index (χ4v) is 4.20. The molecule has 0 radical (unpaired) electrons. The van der Waals surface area contributed by atoms with Gasteiger partial charge in [-0.1, -0.05) is 6.07 Å². The van der Waals surface area contributed by atoms with E-state index in [4.69, 9.17) is 9.47 Å². The van der Waals surface area contributed by atoms with Crippen molar-refractivity contribution in [2.45, 2.75) is 6.54 Å². The molecule has 0 aliphatic rings. The predicted octanol–water partition coefficient (Wildman–Crippen LogP) is 3.31. The van der Waals surface area contributed by atoms with Crippen molar-refractivity contribution < 1.29 is 14.3 Å². The number of carbonyl (C=O) groups excluding carboxylic acids is 1. The number of carbonyl (C=O) groups is 1. The van der Waals surface area contributed by atoms with Crippen LogP contribution in [0.2, 0.25) is 0 Å². The zero-order valence-electron chi connectivity index (χ0n) is 19.9. The molecule has 5 rings (SSSR count). The number of hydrogen-bond acceptors (Lipinski definition) is 6. The summed E-state index contributed by atoms with van der Waals surface area (Å²) < 4.78 is 14.9. The van der Waals surface area contributed by atoms with Gasteiger partial charge in [0.15, 0.2) is 0 Å². The van der Waals surface area contributed by atoms with Gasteiger partial charge in [0.05, 0.1) is 44.3 Å². The Bertz CT molecular complexity index is 1500. The third-order valence-corrected chi connectivity index (χ3v) is 5.96. The third kappa shape index (κ3) is 3.99. The first-order chi connectivity index (χ1) is 17.0. The average Bonchev–Trinajstić information content (AvgIpc) is 3.62. The van der Waals surface area contributed by atoms with E-state index < -0.39 is 0 Å². The van der Waals surface area contributed by atoms with Crippen molar-refractivity contribution in [1.29, 1.82) is 0 Å². The van der Waals surface area contributed by atoms with Gasteiger partial charge >= 0.3 is 0 Å². The van der Waals surface area contributed by atoms with Gasteiger partial charge in [-0.05, 0) is 29.3 Å². The number of hydrogen-bond donors (Lipinski definition) is 2. The van der Waals surface area contributed by atoms with E-state index in [1.807, 2.05) is 61.5 Å². The van der Waals surface area contributed by atoms with Crippen molar-refractivity contribution in [3.8, 4) is 33.8 Å². The number of fused-ring (bicyclic) bond motifs is 1. The smallest absolute Gasteiger partial charge is 0.259 e. The highest BCUT2D eigenvalue weighted by molar-refractivity contribution is 6.04. The summed E-state index contributed by atoms with van der Waals surface area (Å²) >= 11 is 0. The first-order valence-electron chi connectivity index (χ1n) is 11.0. The van der Waals surface area contributed by atoms with Gasteiger partial charge in [-0.25, -0.2) is 9.97 Å². The molecule has 10 nitrogen and oxygen atoms in total. The van der Waals surface area contributed by atoms with Crippen LogP contribution in [0.5, 0.6) is 11.5 Å². The van der Waals surface area contributed by atoms with Crippen LogP contribution in [0.1, 0.15) is 16.2 Å². The van der Waals surface area contributed by atoms with Crippen LogP contribution in [-0.4, -0.2) is 49.4 Å². The summed E-state index contributed by atoms with van der Waals surface area (Å²) in [6, 6.07) is 7.68. The number of benzene rings is 2. The van der Waals surface area contributed by atoms with E-state index in [-0.39, 0.29) is 12.5 Å². The molecule has 1 amide bonds. The van der Waals surface area contributed by atoms with Crippen LogP contribution in [0.25, 0.3) is 33.3 Å². The largest absolute Gasteiger partial charge is 0.496 e. The van der Waals surface area contributed by atoms with E-state index in [0.29, 0.717) is 17.1 Å². The van der Waals surface area contributed by atoms with Gasteiger partial charge in [-0.3, -0.25) is 9.48 Å². The Morgan fingerprint density at radius 3 is 2.49 bits per heavy atom. The van der Waals surface area contributed by atoms with Crippen LogP contribution >= 0.6 is 0 Å². The molecule has 0 aliphatic carbocycles. The van der Waals surface area contributed by atoms with Crippen molar-refractivity contribution in [2.24, 2.45) is 14.1 Å². The molecule has 0 unspecified atom stereocenters. The lowest BCUT2D eigenvalue weighted by Gasteiger charge is -2.17. The van der Waals surface area contributed by atoms with Gasteiger partial charge in [0.25, 0.3) is 5.91 Å². The van der Waals surface area contributed by atoms with Gasteiger partial charge < -0.3 is 24.3 Å². The molecule has 35 heavy (non-hydrogen) atoms. The molecule has 0 saturated heterocycles. The van der Waals surface area contributed by atoms with Crippen LogP contribution in [0.15, 0.2) is 55.4 Å².